The molecule has 0 saturated heterocycles. The normalized spacial score (nSPS) is 16.4. The van der Waals surface area contributed by atoms with E-state index in [1.165, 1.54) is 12.1 Å². The van der Waals surface area contributed by atoms with Crippen molar-refractivity contribution in [2.75, 3.05) is 13.1 Å². The zero-order valence-corrected chi connectivity index (χ0v) is 20.2. The molecule has 0 radical (unpaired) electrons. The summed E-state index contributed by atoms with van der Waals surface area (Å²) in [4.78, 5) is 26.1. The van der Waals surface area contributed by atoms with E-state index in [1.807, 2.05) is 43.3 Å². The lowest BCUT2D eigenvalue weighted by atomic mass is 9.91. The van der Waals surface area contributed by atoms with E-state index in [0.29, 0.717) is 37.1 Å². The number of amides is 1. The zero-order chi connectivity index (χ0) is 25.0. The number of aliphatic carboxylic acids is 1. The predicted octanol–water partition coefficient (Wildman–Crippen LogP) is 5.58. The second-order valence-corrected chi connectivity index (χ2v) is 9.56. The molecule has 1 aliphatic heterocycles. The number of rotatable bonds is 9. The summed E-state index contributed by atoms with van der Waals surface area (Å²) in [7, 11) is 0. The van der Waals surface area contributed by atoms with E-state index >= 15 is 0 Å². The summed E-state index contributed by atoms with van der Waals surface area (Å²) in [6.07, 6.45) is 1.56. The van der Waals surface area contributed by atoms with E-state index in [9.17, 15) is 14.0 Å². The number of halogens is 2. The fourth-order valence-electron chi connectivity index (χ4n) is 4.47. The Hall–Kier alpha value is -3.38. The summed E-state index contributed by atoms with van der Waals surface area (Å²) < 4.78 is 20.1. The maximum absolute atomic E-state index is 13.9. The van der Waals surface area contributed by atoms with E-state index in [2.05, 4.69) is 0 Å². The quantitative estimate of drug-likeness (QED) is 0.421. The molecule has 1 N–H and O–H groups in total. The molecule has 1 heterocycles. The van der Waals surface area contributed by atoms with Gasteiger partial charge in [-0.1, -0.05) is 48.0 Å². The van der Waals surface area contributed by atoms with E-state index in [-0.39, 0.29) is 23.9 Å². The van der Waals surface area contributed by atoms with Gasteiger partial charge in [-0.05, 0) is 60.4 Å². The molecule has 3 aromatic rings. The topological polar surface area (TPSA) is 66.8 Å². The number of carbonyl (C=O) groups is 2. The standard InChI is InChI=1S/C28H27ClFNO4/c1-28(17-20-7-9-23(29)24(30)15-20)18-22-16-21(8-10-25(22)35-28)27(34)31(14-12-26(32)33)13-11-19-5-3-2-4-6-19/h2-10,15-16H,11-14,17-18H2,1H3,(H,32,33)/t28-/m0/s1. The Labute approximate surface area is 209 Å². The Morgan fingerprint density at radius 1 is 1.06 bits per heavy atom. The maximum Gasteiger partial charge on any atom is 0.305 e. The van der Waals surface area contributed by atoms with Crippen molar-refractivity contribution < 1.29 is 23.8 Å². The van der Waals surface area contributed by atoms with Crippen LogP contribution in [0.5, 0.6) is 5.75 Å². The fraction of sp³-hybridized carbons (Fsp3) is 0.286. The van der Waals surface area contributed by atoms with Crippen LogP contribution in [0.2, 0.25) is 5.02 Å². The molecule has 0 fully saturated rings. The van der Waals surface area contributed by atoms with Crippen LogP contribution >= 0.6 is 11.6 Å². The van der Waals surface area contributed by atoms with Crippen molar-refractivity contribution in [1.29, 1.82) is 0 Å². The van der Waals surface area contributed by atoms with Crippen LogP contribution in [0.1, 0.15) is 40.4 Å². The first-order chi connectivity index (χ1) is 16.7. The van der Waals surface area contributed by atoms with Crippen molar-refractivity contribution in [2.45, 2.75) is 38.2 Å². The molecular weight excluding hydrogens is 469 g/mol. The molecule has 1 amide bonds. The Morgan fingerprint density at radius 2 is 1.83 bits per heavy atom. The highest BCUT2D eigenvalue weighted by Gasteiger charge is 2.35. The molecule has 4 rings (SSSR count). The lowest BCUT2D eigenvalue weighted by molar-refractivity contribution is -0.137. The van der Waals surface area contributed by atoms with Gasteiger partial charge in [-0.2, -0.15) is 0 Å². The molecule has 0 saturated carbocycles. The van der Waals surface area contributed by atoms with Crippen LogP contribution < -0.4 is 4.74 Å². The van der Waals surface area contributed by atoms with Crippen LogP contribution in [0.3, 0.4) is 0 Å². The van der Waals surface area contributed by atoms with Gasteiger partial charge in [-0.3, -0.25) is 9.59 Å². The SMILES string of the molecule is C[C@]1(Cc2ccc(Cl)c(F)c2)Cc2cc(C(=O)N(CCC(=O)O)CCc3ccccc3)ccc2O1. The van der Waals surface area contributed by atoms with Crippen LogP contribution in [0.25, 0.3) is 0 Å². The van der Waals surface area contributed by atoms with Crippen molar-refractivity contribution in [2.24, 2.45) is 0 Å². The number of hydrogen-bond acceptors (Lipinski definition) is 3. The van der Waals surface area contributed by atoms with Crippen molar-refractivity contribution in [3.8, 4) is 5.75 Å². The molecule has 5 nitrogen and oxygen atoms in total. The van der Waals surface area contributed by atoms with E-state index < -0.39 is 17.4 Å². The molecule has 0 bridgehead atoms. The summed E-state index contributed by atoms with van der Waals surface area (Å²) in [6.45, 7) is 2.51. The molecule has 1 atom stereocenters. The van der Waals surface area contributed by atoms with E-state index in [1.54, 1.807) is 23.1 Å². The molecule has 0 aliphatic carbocycles. The number of carboxylic acids is 1. The second-order valence-electron chi connectivity index (χ2n) is 9.15. The van der Waals surface area contributed by atoms with Gasteiger partial charge in [0.05, 0.1) is 11.4 Å². The van der Waals surface area contributed by atoms with Crippen LogP contribution in [-0.4, -0.2) is 40.6 Å². The minimum absolute atomic E-state index is 0.0809. The molecule has 1 aliphatic rings. The van der Waals surface area contributed by atoms with Crippen molar-refractivity contribution >= 4 is 23.5 Å². The number of nitrogens with zero attached hydrogens (tertiary/aromatic N) is 1. The average Bonchev–Trinajstić information content (AvgIpc) is 3.16. The van der Waals surface area contributed by atoms with Gasteiger partial charge in [0.25, 0.3) is 5.91 Å². The molecule has 0 spiro atoms. The highest BCUT2D eigenvalue weighted by molar-refractivity contribution is 6.30. The van der Waals surface area contributed by atoms with Gasteiger partial charge in [0, 0.05) is 31.5 Å². The fourth-order valence-corrected chi connectivity index (χ4v) is 4.59. The van der Waals surface area contributed by atoms with Gasteiger partial charge in [0.15, 0.2) is 0 Å². The third-order valence-corrected chi connectivity index (χ3v) is 6.49. The smallest absolute Gasteiger partial charge is 0.305 e. The lowest BCUT2D eigenvalue weighted by Gasteiger charge is -2.24. The minimum Gasteiger partial charge on any atom is -0.487 e. The van der Waals surface area contributed by atoms with Crippen molar-refractivity contribution in [3.05, 3.63) is 99.8 Å². The molecule has 0 aromatic heterocycles. The van der Waals surface area contributed by atoms with Crippen LogP contribution in [0, 0.1) is 5.82 Å². The van der Waals surface area contributed by atoms with Gasteiger partial charge >= 0.3 is 5.97 Å². The predicted molar refractivity (Wildman–Crippen MR) is 133 cm³/mol. The minimum atomic E-state index is -0.945. The third-order valence-electron chi connectivity index (χ3n) is 6.19. The summed E-state index contributed by atoms with van der Waals surface area (Å²) in [5.41, 5.74) is 2.67. The third kappa shape index (κ3) is 6.20. The van der Waals surface area contributed by atoms with Gasteiger partial charge in [0.1, 0.15) is 17.2 Å². The number of carbonyl (C=O) groups excluding carboxylic acids is 1. The lowest BCUT2D eigenvalue weighted by Crippen LogP contribution is -2.35. The highest BCUT2D eigenvalue weighted by Crippen LogP contribution is 2.38. The number of fused-ring (bicyclic) bond motifs is 1. The first kappa shape index (κ1) is 24.7. The Kier molecular flexibility index (Phi) is 7.41. The van der Waals surface area contributed by atoms with Gasteiger partial charge in [0.2, 0.25) is 0 Å². The summed E-state index contributed by atoms with van der Waals surface area (Å²) in [6, 6.07) is 19.8. The van der Waals surface area contributed by atoms with Crippen molar-refractivity contribution in [1.82, 2.24) is 4.90 Å². The zero-order valence-electron chi connectivity index (χ0n) is 19.5. The number of hydrogen-bond donors (Lipinski definition) is 1. The summed E-state index contributed by atoms with van der Waals surface area (Å²) in [5, 5.41) is 9.23. The number of ether oxygens (including phenoxy) is 1. The molecule has 182 valence electrons. The largest absolute Gasteiger partial charge is 0.487 e. The van der Waals surface area contributed by atoms with Crippen LogP contribution in [0.15, 0.2) is 66.7 Å². The Morgan fingerprint density at radius 3 is 2.54 bits per heavy atom. The summed E-state index contributed by atoms with van der Waals surface area (Å²) >= 11 is 5.80. The Bertz CT molecular complexity index is 1230. The van der Waals surface area contributed by atoms with Gasteiger partial charge < -0.3 is 14.7 Å². The number of carboxylic acid groups (broad SMARTS) is 1. The molecular formula is C28H27ClFNO4. The maximum atomic E-state index is 13.9. The van der Waals surface area contributed by atoms with Gasteiger partial charge in [-0.25, -0.2) is 4.39 Å². The van der Waals surface area contributed by atoms with Crippen LogP contribution in [0.4, 0.5) is 4.39 Å². The van der Waals surface area contributed by atoms with Crippen LogP contribution in [-0.2, 0) is 24.1 Å². The molecule has 0 unspecified atom stereocenters. The Balaban J connectivity index is 1.48. The molecule has 35 heavy (non-hydrogen) atoms. The second kappa shape index (κ2) is 10.5. The summed E-state index contributed by atoms with van der Waals surface area (Å²) in [5.74, 6) is -0.925. The monoisotopic (exact) mass is 495 g/mol. The average molecular weight is 496 g/mol. The first-order valence-electron chi connectivity index (χ1n) is 11.5. The first-order valence-corrected chi connectivity index (χ1v) is 11.9. The highest BCUT2D eigenvalue weighted by atomic mass is 35.5. The van der Waals surface area contributed by atoms with E-state index in [0.717, 1.165) is 16.7 Å². The molecule has 7 heteroatoms. The van der Waals surface area contributed by atoms with Gasteiger partial charge in [-0.15, -0.1) is 0 Å². The van der Waals surface area contributed by atoms with Crippen molar-refractivity contribution in [3.63, 3.8) is 0 Å². The number of benzene rings is 3. The van der Waals surface area contributed by atoms with E-state index in [4.69, 9.17) is 21.4 Å². The molecule has 3 aromatic carbocycles.